The van der Waals surface area contributed by atoms with Crippen LogP contribution >= 0.6 is 12.2 Å². The maximum atomic E-state index is 12.1. The van der Waals surface area contributed by atoms with Gasteiger partial charge in [0.15, 0.2) is 5.11 Å². The summed E-state index contributed by atoms with van der Waals surface area (Å²) < 4.78 is 39.9. The molecule has 2 aromatic carbocycles. The third-order valence-electron chi connectivity index (χ3n) is 2.68. The summed E-state index contributed by atoms with van der Waals surface area (Å²) in [6.45, 7) is 0. The molecule has 10 heteroatoms. The largest absolute Gasteiger partial charge is 0.573 e. The van der Waals surface area contributed by atoms with Gasteiger partial charge in [0.05, 0.1) is 4.92 Å². The second-order valence-electron chi connectivity index (χ2n) is 4.46. The van der Waals surface area contributed by atoms with Crippen molar-refractivity contribution in [2.75, 3.05) is 10.6 Å². The lowest BCUT2D eigenvalue weighted by molar-refractivity contribution is -0.384. The number of nitrogens with one attached hydrogen (secondary N) is 2. The van der Waals surface area contributed by atoms with E-state index in [0.29, 0.717) is 11.4 Å². The first-order valence-corrected chi connectivity index (χ1v) is 6.82. The molecule has 2 aromatic rings. The van der Waals surface area contributed by atoms with E-state index in [1.165, 1.54) is 36.4 Å². The van der Waals surface area contributed by atoms with Crippen molar-refractivity contribution in [2.24, 2.45) is 0 Å². The summed E-state index contributed by atoms with van der Waals surface area (Å²) >= 11 is 5.06. The molecule has 0 fully saturated rings. The Hall–Kier alpha value is -2.88. The van der Waals surface area contributed by atoms with Crippen molar-refractivity contribution in [3.05, 3.63) is 58.6 Å². The van der Waals surface area contributed by atoms with Gasteiger partial charge in [-0.15, -0.1) is 13.2 Å². The van der Waals surface area contributed by atoms with Crippen LogP contribution in [0.15, 0.2) is 48.5 Å². The van der Waals surface area contributed by atoms with Crippen molar-refractivity contribution >= 4 is 34.4 Å². The average Bonchev–Trinajstić information content (AvgIpc) is 2.48. The molecule has 2 rings (SSSR count). The predicted octanol–water partition coefficient (Wildman–Crippen LogP) is 4.30. The van der Waals surface area contributed by atoms with Gasteiger partial charge in [-0.3, -0.25) is 10.1 Å². The number of benzene rings is 2. The standard InChI is InChI=1S/C14H10F3N3O3S/c15-14(16,17)23-12-7-3-10(4-8-12)19-13(24)18-9-1-5-11(6-2-9)20(21)22/h1-8H,(H2,18,19,24). The van der Waals surface area contributed by atoms with Gasteiger partial charge in [-0.05, 0) is 48.6 Å². The van der Waals surface area contributed by atoms with Gasteiger partial charge in [-0.2, -0.15) is 0 Å². The smallest absolute Gasteiger partial charge is 0.406 e. The van der Waals surface area contributed by atoms with Gasteiger partial charge in [-0.1, -0.05) is 0 Å². The monoisotopic (exact) mass is 357 g/mol. The minimum absolute atomic E-state index is 0.0559. The zero-order valence-electron chi connectivity index (χ0n) is 11.8. The number of ether oxygens (including phenoxy) is 1. The zero-order chi connectivity index (χ0) is 17.7. The van der Waals surface area contributed by atoms with Crippen molar-refractivity contribution in [2.45, 2.75) is 6.36 Å². The number of hydrogen-bond donors (Lipinski definition) is 2. The van der Waals surface area contributed by atoms with Gasteiger partial charge in [0, 0.05) is 23.5 Å². The quantitative estimate of drug-likeness (QED) is 0.483. The molecule has 0 amide bonds. The van der Waals surface area contributed by atoms with Crippen LogP contribution in [0, 0.1) is 10.1 Å². The molecule has 0 bridgehead atoms. The second-order valence-corrected chi connectivity index (χ2v) is 4.86. The number of anilines is 2. The fourth-order valence-corrected chi connectivity index (χ4v) is 1.94. The average molecular weight is 357 g/mol. The van der Waals surface area contributed by atoms with Crippen LogP contribution in [0.25, 0.3) is 0 Å². The van der Waals surface area contributed by atoms with E-state index in [2.05, 4.69) is 15.4 Å². The Kier molecular flexibility index (Phi) is 5.19. The van der Waals surface area contributed by atoms with Crippen LogP contribution in [0.4, 0.5) is 30.2 Å². The van der Waals surface area contributed by atoms with Crippen LogP contribution in [0.3, 0.4) is 0 Å². The van der Waals surface area contributed by atoms with E-state index in [4.69, 9.17) is 12.2 Å². The third kappa shape index (κ3) is 5.39. The van der Waals surface area contributed by atoms with Crippen molar-refractivity contribution < 1.29 is 22.8 Å². The molecule has 0 saturated heterocycles. The number of halogens is 3. The molecule has 0 atom stereocenters. The summed E-state index contributed by atoms with van der Waals surface area (Å²) in [4.78, 5) is 10.0. The summed E-state index contributed by atoms with van der Waals surface area (Å²) in [6, 6.07) is 10.6. The van der Waals surface area contributed by atoms with Crippen molar-refractivity contribution in [1.82, 2.24) is 0 Å². The van der Waals surface area contributed by atoms with E-state index < -0.39 is 11.3 Å². The Morgan fingerprint density at radius 3 is 1.88 bits per heavy atom. The van der Waals surface area contributed by atoms with Gasteiger partial charge < -0.3 is 15.4 Å². The molecule has 0 saturated carbocycles. The number of alkyl halides is 3. The SMILES string of the molecule is O=[N+]([O-])c1ccc(NC(=S)Nc2ccc(OC(F)(F)F)cc2)cc1. The predicted molar refractivity (Wildman–Crippen MR) is 86.1 cm³/mol. The van der Waals surface area contributed by atoms with E-state index >= 15 is 0 Å². The molecule has 0 aliphatic carbocycles. The lowest BCUT2D eigenvalue weighted by Crippen LogP contribution is -2.19. The van der Waals surface area contributed by atoms with Crippen LogP contribution in [-0.2, 0) is 0 Å². The second kappa shape index (κ2) is 7.13. The highest BCUT2D eigenvalue weighted by Crippen LogP contribution is 2.24. The van der Waals surface area contributed by atoms with E-state index in [0.717, 1.165) is 12.1 Å². The highest BCUT2D eigenvalue weighted by atomic mass is 32.1. The minimum Gasteiger partial charge on any atom is -0.406 e. The first-order valence-electron chi connectivity index (χ1n) is 6.41. The summed E-state index contributed by atoms with van der Waals surface area (Å²) in [6.07, 6.45) is -4.75. The minimum atomic E-state index is -4.75. The Morgan fingerprint density at radius 2 is 1.46 bits per heavy atom. The fraction of sp³-hybridized carbons (Fsp3) is 0.0714. The van der Waals surface area contributed by atoms with Crippen LogP contribution in [0.5, 0.6) is 5.75 Å². The first-order chi connectivity index (χ1) is 11.2. The normalized spacial score (nSPS) is 10.8. The number of nitrogens with zero attached hydrogens (tertiary/aromatic N) is 1. The Morgan fingerprint density at radius 1 is 1.00 bits per heavy atom. The highest BCUT2D eigenvalue weighted by molar-refractivity contribution is 7.80. The molecular weight excluding hydrogens is 347 g/mol. The molecule has 0 aliphatic rings. The molecule has 0 aliphatic heterocycles. The Balaban J connectivity index is 1.93. The van der Waals surface area contributed by atoms with Gasteiger partial charge in [0.25, 0.3) is 5.69 Å². The number of non-ortho nitro benzene ring substituents is 1. The Labute approximate surface area is 139 Å². The van der Waals surface area contributed by atoms with Crippen molar-refractivity contribution in [3.8, 4) is 5.75 Å². The molecule has 0 radical (unpaired) electrons. The number of thiocarbonyl (C=S) groups is 1. The first kappa shape index (κ1) is 17.5. The number of nitro benzene ring substituents is 1. The van der Waals surface area contributed by atoms with Gasteiger partial charge in [0.1, 0.15) is 5.75 Å². The number of nitro groups is 1. The number of rotatable bonds is 4. The molecule has 0 aromatic heterocycles. The van der Waals surface area contributed by atoms with Crippen molar-refractivity contribution in [1.29, 1.82) is 0 Å². The summed E-state index contributed by atoms with van der Waals surface area (Å²) in [5.41, 5.74) is 0.916. The lowest BCUT2D eigenvalue weighted by atomic mass is 10.3. The molecule has 126 valence electrons. The van der Waals surface area contributed by atoms with Gasteiger partial charge in [0.2, 0.25) is 0 Å². The topological polar surface area (TPSA) is 76.4 Å². The maximum absolute atomic E-state index is 12.1. The molecule has 0 heterocycles. The van der Waals surface area contributed by atoms with E-state index in [1.54, 1.807) is 0 Å². The summed E-state index contributed by atoms with van der Waals surface area (Å²) in [5, 5.41) is 16.3. The van der Waals surface area contributed by atoms with Gasteiger partial charge in [-0.25, -0.2) is 0 Å². The maximum Gasteiger partial charge on any atom is 0.573 e. The molecule has 0 spiro atoms. The zero-order valence-corrected chi connectivity index (χ0v) is 12.6. The molecular formula is C14H10F3N3O3S. The summed E-state index contributed by atoms with van der Waals surface area (Å²) in [5.74, 6) is -0.345. The molecule has 2 N–H and O–H groups in total. The molecule has 0 unspecified atom stereocenters. The third-order valence-corrected chi connectivity index (χ3v) is 2.89. The highest BCUT2D eigenvalue weighted by Gasteiger charge is 2.30. The van der Waals surface area contributed by atoms with Crippen molar-refractivity contribution in [3.63, 3.8) is 0 Å². The van der Waals surface area contributed by atoms with E-state index in [9.17, 15) is 23.3 Å². The van der Waals surface area contributed by atoms with Crippen LogP contribution in [-0.4, -0.2) is 16.4 Å². The van der Waals surface area contributed by atoms with Gasteiger partial charge >= 0.3 is 6.36 Å². The Bertz CT molecular complexity index is 734. The summed E-state index contributed by atoms with van der Waals surface area (Å²) in [7, 11) is 0. The lowest BCUT2D eigenvalue weighted by Gasteiger charge is -2.12. The number of hydrogen-bond acceptors (Lipinski definition) is 4. The molecule has 6 nitrogen and oxygen atoms in total. The van der Waals surface area contributed by atoms with E-state index in [-0.39, 0.29) is 16.5 Å². The van der Waals surface area contributed by atoms with Crippen LogP contribution in [0.2, 0.25) is 0 Å². The van der Waals surface area contributed by atoms with E-state index in [1.807, 2.05) is 0 Å². The molecule has 24 heavy (non-hydrogen) atoms. The van der Waals surface area contributed by atoms with Crippen LogP contribution < -0.4 is 15.4 Å². The van der Waals surface area contributed by atoms with Crippen LogP contribution in [0.1, 0.15) is 0 Å². The fourth-order valence-electron chi connectivity index (χ4n) is 1.70.